The molecule has 1 aliphatic rings. The Morgan fingerprint density at radius 2 is 1.61 bits per heavy atom. The van der Waals surface area contributed by atoms with E-state index in [4.69, 9.17) is 14.7 Å². The van der Waals surface area contributed by atoms with Gasteiger partial charge in [-0.3, -0.25) is 4.79 Å². The lowest BCUT2D eigenvalue weighted by atomic mass is 9.91. The number of rotatable bonds is 14. The minimum atomic E-state index is -5.31. The Labute approximate surface area is 310 Å². The molecule has 54 heavy (non-hydrogen) atoms. The van der Waals surface area contributed by atoms with E-state index in [-0.39, 0.29) is 30.0 Å². The van der Waals surface area contributed by atoms with Crippen molar-refractivity contribution in [3.63, 3.8) is 0 Å². The summed E-state index contributed by atoms with van der Waals surface area (Å²) in [5, 5.41) is 20.6. The number of amides is 1. The Bertz CT molecular complexity index is 2000. The highest BCUT2D eigenvalue weighted by atomic mass is 19.4. The summed E-state index contributed by atoms with van der Waals surface area (Å²) in [6.45, 7) is 8.22. The number of nitrogens with one attached hydrogen (secondary N) is 3. The fraction of sp³-hybridized carbons (Fsp3) is 0.421. The lowest BCUT2D eigenvalue weighted by Gasteiger charge is -2.24. The number of carbonyl (C=O) groups excluding carboxylic acids is 2. The zero-order chi connectivity index (χ0) is 38.6. The first-order valence-corrected chi connectivity index (χ1v) is 17.9. The molecule has 3 aromatic heterocycles. The number of alkyl halides is 3. The normalized spacial score (nSPS) is 18.8. The van der Waals surface area contributed by atoms with Gasteiger partial charge in [-0.1, -0.05) is 74.5 Å². The van der Waals surface area contributed by atoms with Gasteiger partial charge in [0.1, 0.15) is 6.10 Å². The minimum Gasteiger partial charge on any atom is -0.451 e. The third-order valence-electron chi connectivity index (χ3n) is 9.52. The van der Waals surface area contributed by atoms with E-state index in [1.54, 1.807) is 20.2 Å². The number of aromatic nitrogens is 6. The smallest absolute Gasteiger partial charge is 0.451 e. The fourth-order valence-corrected chi connectivity index (χ4v) is 6.55. The van der Waals surface area contributed by atoms with Gasteiger partial charge in [-0.25, -0.2) is 14.8 Å². The van der Waals surface area contributed by atoms with Crippen LogP contribution >= 0.6 is 0 Å². The molecule has 1 aliphatic carbocycles. The Morgan fingerprint density at radius 3 is 2.20 bits per heavy atom. The van der Waals surface area contributed by atoms with Crippen molar-refractivity contribution < 1.29 is 32.6 Å². The average Bonchev–Trinajstić information content (AvgIpc) is 3.87. The molecule has 5 aromatic rings. The number of benzene rings is 2. The van der Waals surface area contributed by atoms with Gasteiger partial charge < -0.3 is 34.9 Å². The van der Waals surface area contributed by atoms with Crippen LogP contribution in [0.1, 0.15) is 68.9 Å². The molecule has 0 spiro atoms. The van der Waals surface area contributed by atoms with Crippen LogP contribution in [0.15, 0.2) is 79.5 Å². The Hall–Kier alpha value is -5.51. The van der Waals surface area contributed by atoms with E-state index in [0.717, 1.165) is 16.8 Å². The van der Waals surface area contributed by atoms with Crippen LogP contribution in [0, 0.1) is 5.92 Å². The van der Waals surface area contributed by atoms with Crippen molar-refractivity contribution in [1.82, 2.24) is 34.4 Å². The predicted molar refractivity (Wildman–Crippen MR) is 196 cm³/mol. The Balaban J connectivity index is 1.36. The molecule has 4 N–H and O–H groups in total. The second kappa shape index (κ2) is 16.2. The largest absolute Gasteiger partial charge is 0.490 e. The molecular weight excluding hydrogens is 703 g/mol. The van der Waals surface area contributed by atoms with Gasteiger partial charge in [-0.05, 0) is 31.4 Å². The van der Waals surface area contributed by atoms with Gasteiger partial charge in [0.2, 0.25) is 11.9 Å². The first-order valence-electron chi connectivity index (χ1n) is 17.9. The lowest BCUT2D eigenvalue weighted by Crippen LogP contribution is -2.46. The summed E-state index contributed by atoms with van der Waals surface area (Å²) in [6, 6.07) is 18.1. The number of aliphatic hydroxyl groups excluding tert-OH is 1. The van der Waals surface area contributed by atoms with Crippen LogP contribution in [0.3, 0.4) is 0 Å². The van der Waals surface area contributed by atoms with E-state index in [9.17, 15) is 27.9 Å². The van der Waals surface area contributed by atoms with Gasteiger partial charge in [0.25, 0.3) is 0 Å². The molecule has 0 saturated heterocycles. The number of halogens is 3. The Morgan fingerprint density at radius 1 is 0.944 bits per heavy atom. The molecule has 1 amide bonds. The van der Waals surface area contributed by atoms with Crippen molar-refractivity contribution >= 4 is 34.8 Å². The summed E-state index contributed by atoms with van der Waals surface area (Å²) in [5.74, 6) is -2.86. The van der Waals surface area contributed by atoms with E-state index in [0.29, 0.717) is 30.8 Å². The van der Waals surface area contributed by atoms with Crippen molar-refractivity contribution in [3.8, 4) is 0 Å². The van der Waals surface area contributed by atoms with Crippen LogP contribution in [0.4, 0.5) is 24.9 Å². The number of carbonyl (C=O) groups is 2. The standard InChI is InChI=1S/C38H44F3N9O4/c1-22(2)35(52)46-28-17-29(32(31(28)51)54-36(53)38(39,40)41)50-21-45-30-33(43-18-27(24-11-7-5-8-12-24)25-13-9-6-10-14-25)47-37(48-34(30)50)42-16-15-26-19-49(20-44-26)23(3)4/h5-14,19-23,27-29,31-32,51H,15-18H2,1-4H3,(H,46,52)(H2,42,43,47,48)/t28-,29+,31+,32-/m0/s1. The third kappa shape index (κ3) is 8.65. The van der Waals surface area contributed by atoms with E-state index in [1.165, 1.54) is 10.9 Å². The second-order valence-electron chi connectivity index (χ2n) is 14.0. The predicted octanol–water partition coefficient (Wildman–Crippen LogP) is 5.42. The molecular formula is C38H44F3N9O4. The first-order chi connectivity index (χ1) is 25.8. The van der Waals surface area contributed by atoms with Crippen LogP contribution in [0.5, 0.6) is 0 Å². The average molecular weight is 748 g/mol. The SMILES string of the molecule is CC(C)C(=O)N[C@H]1C[C@@H](n2cnc3c(NCC(c4ccccc4)c4ccccc4)nc(NCCc4cn(C(C)C)cn4)nc32)[C@H](OC(=O)C(F)(F)F)[C@@H]1O. The highest BCUT2D eigenvalue weighted by molar-refractivity contribution is 5.84. The van der Waals surface area contributed by atoms with E-state index < -0.39 is 48.3 Å². The summed E-state index contributed by atoms with van der Waals surface area (Å²) in [4.78, 5) is 43.3. The van der Waals surface area contributed by atoms with Crippen molar-refractivity contribution in [2.75, 3.05) is 23.7 Å². The molecule has 0 unspecified atom stereocenters. The van der Waals surface area contributed by atoms with Gasteiger partial charge in [-0.15, -0.1) is 0 Å². The number of hydrogen-bond acceptors (Lipinski definition) is 10. The van der Waals surface area contributed by atoms with Gasteiger partial charge in [0.05, 0.1) is 30.4 Å². The molecule has 2 aromatic carbocycles. The van der Waals surface area contributed by atoms with E-state index >= 15 is 0 Å². The van der Waals surface area contributed by atoms with Gasteiger partial charge in [0.15, 0.2) is 23.1 Å². The zero-order valence-electron chi connectivity index (χ0n) is 30.4. The molecule has 1 fully saturated rings. The fourth-order valence-electron chi connectivity index (χ4n) is 6.55. The third-order valence-corrected chi connectivity index (χ3v) is 9.52. The summed E-state index contributed by atoms with van der Waals surface area (Å²) in [5.41, 5.74) is 3.51. The number of aliphatic hydroxyl groups is 1. The number of ether oxygens (including phenoxy) is 1. The van der Waals surface area contributed by atoms with Crippen molar-refractivity contribution in [2.24, 2.45) is 5.92 Å². The van der Waals surface area contributed by atoms with Gasteiger partial charge in [0, 0.05) is 43.6 Å². The highest BCUT2D eigenvalue weighted by Gasteiger charge is 2.51. The lowest BCUT2D eigenvalue weighted by molar-refractivity contribution is -0.209. The van der Waals surface area contributed by atoms with E-state index in [1.807, 2.05) is 71.4 Å². The maximum atomic E-state index is 13.5. The van der Waals surface area contributed by atoms with Gasteiger partial charge in [-0.2, -0.15) is 23.1 Å². The number of hydrogen-bond donors (Lipinski definition) is 4. The molecule has 16 heteroatoms. The van der Waals surface area contributed by atoms with Crippen molar-refractivity contribution in [3.05, 3.63) is 96.3 Å². The van der Waals surface area contributed by atoms with E-state index in [2.05, 4.69) is 39.8 Å². The summed E-state index contributed by atoms with van der Waals surface area (Å²) in [7, 11) is 0. The summed E-state index contributed by atoms with van der Waals surface area (Å²) in [6.07, 6.45) is -3.06. The molecule has 1 saturated carbocycles. The molecule has 286 valence electrons. The van der Waals surface area contributed by atoms with Crippen LogP contribution in [-0.2, 0) is 20.7 Å². The highest BCUT2D eigenvalue weighted by Crippen LogP contribution is 2.38. The number of esters is 1. The molecule has 13 nitrogen and oxygen atoms in total. The number of fused-ring (bicyclic) bond motifs is 1. The number of anilines is 2. The maximum absolute atomic E-state index is 13.5. The van der Waals surface area contributed by atoms with Crippen LogP contribution in [-0.4, -0.2) is 83.6 Å². The summed E-state index contributed by atoms with van der Waals surface area (Å²) >= 11 is 0. The van der Waals surface area contributed by atoms with Crippen LogP contribution in [0.25, 0.3) is 11.2 Å². The second-order valence-corrected chi connectivity index (χ2v) is 14.0. The number of nitrogens with zero attached hydrogens (tertiary/aromatic N) is 6. The molecule has 3 heterocycles. The molecule has 0 aliphatic heterocycles. The molecule has 0 bridgehead atoms. The molecule has 4 atom stereocenters. The summed E-state index contributed by atoms with van der Waals surface area (Å²) < 4.78 is 48.8. The van der Waals surface area contributed by atoms with Crippen molar-refractivity contribution in [2.45, 2.75) is 83.0 Å². The molecule has 6 rings (SSSR count). The maximum Gasteiger partial charge on any atom is 0.490 e. The van der Waals surface area contributed by atoms with Crippen LogP contribution in [0.2, 0.25) is 0 Å². The zero-order valence-corrected chi connectivity index (χ0v) is 30.4. The van der Waals surface area contributed by atoms with Crippen molar-refractivity contribution in [1.29, 1.82) is 0 Å². The number of imidazole rings is 2. The van der Waals surface area contributed by atoms with Crippen LogP contribution < -0.4 is 16.0 Å². The Kier molecular flexibility index (Phi) is 11.5. The molecule has 0 radical (unpaired) electrons. The van der Waals surface area contributed by atoms with Gasteiger partial charge >= 0.3 is 12.1 Å². The first kappa shape index (κ1) is 38.2. The monoisotopic (exact) mass is 747 g/mol. The topological polar surface area (TPSA) is 161 Å². The minimum absolute atomic E-state index is 0.0704. The quantitative estimate of drug-likeness (QED) is 0.108.